The lowest BCUT2D eigenvalue weighted by atomic mass is 9.88. The predicted octanol–water partition coefficient (Wildman–Crippen LogP) is 2.59. The van der Waals surface area contributed by atoms with Crippen molar-refractivity contribution >= 4 is 11.8 Å². The topological polar surface area (TPSA) is 15.3 Å². The number of nitrogens with one attached hydrogen (secondary N) is 1. The van der Waals surface area contributed by atoms with Crippen LogP contribution in [0.1, 0.15) is 39.5 Å². The molecular formula is C14H28N2S. The molecule has 0 bridgehead atoms. The molecule has 2 aliphatic rings. The van der Waals surface area contributed by atoms with Crippen LogP contribution >= 0.6 is 11.8 Å². The first-order valence-electron chi connectivity index (χ1n) is 7.19. The minimum atomic E-state index is 0.537. The van der Waals surface area contributed by atoms with E-state index in [-0.39, 0.29) is 0 Å². The van der Waals surface area contributed by atoms with Gasteiger partial charge in [0, 0.05) is 11.8 Å². The van der Waals surface area contributed by atoms with E-state index in [4.69, 9.17) is 0 Å². The summed E-state index contributed by atoms with van der Waals surface area (Å²) in [5.41, 5.74) is 0.537. The molecule has 0 saturated carbocycles. The van der Waals surface area contributed by atoms with Gasteiger partial charge < -0.3 is 10.2 Å². The summed E-state index contributed by atoms with van der Waals surface area (Å²) in [5.74, 6) is 2.64. The quantitative estimate of drug-likeness (QED) is 0.761. The van der Waals surface area contributed by atoms with Gasteiger partial charge in [-0.15, -0.1) is 0 Å². The number of likely N-dealkylation sites (tertiary alicyclic amines) is 1. The summed E-state index contributed by atoms with van der Waals surface area (Å²) >= 11 is 2.12. The molecule has 2 aliphatic heterocycles. The molecular weight excluding hydrogens is 228 g/mol. The smallest absolute Gasteiger partial charge is 0.0163 e. The first-order chi connectivity index (χ1) is 8.16. The lowest BCUT2D eigenvalue weighted by molar-refractivity contribution is 0.301. The van der Waals surface area contributed by atoms with E-state index in [9.17, 15) is 0 Å². The highest BCUT2D eigenvalue weighted by atomic mass is 32.2. The van der Waals surface area contributed by atoms with E-state index in [0.29, 0.717) is 5.41 Å². The monoisotopic (exact) mass is 256 g/mol. The number of rotatable bonds is 5. The third-order valence-corrected chi connectivity index (χ3v) is 5.52. The molecule has 0 aliphatic carbocycles. The second kappa shape index (κ2) is 6.44. The average molecular weight is 256 g/mol. The molecule has 1 N–H and O–H groups in total. The van der Waals surface area contributed by atoms with Crippen LogP contribution in [0.4, 0.5) is 0 Å². The minimum Gasteiger partial charge on any atom is -0.313 e. The van der Waals surface area contributed by atoms with E-state index in [0.717, 1.165) is 6.04 Å². The van der Waals surface area contributed by atoms with Crippen molar-refractivity contribution in [3.8, 4) is 0 Å². The summed E-state index contributed by atoms with van der Waals surface area (Å²) in [7, 11) is 0. The first kappa shape index (κ1) is 13.7. The van der Waals surface area contributed by atoms with Crippen molar-refractivity contribution in [2.24, 2.45) is 5.41 Å². The number of hydrogen-bond acceptors (Lipinski definition) is 3. The highest BCUT2D eigenvalue weighted by Crippen LogP contribution is 2.33. The Morgan fingerprint density at radius 1 is 1.29 bits per heavy atom. The Morgan fingerprint density at radius 3 is 2.76 bits per heavy atom. The van der Waals surface area contributed by atoms with Gasteiger partial charge in [0.1, 0.15) is 0 Å². The Kier molecular flexibility index (Phi) is 5.19. The van der Waals surface area contributed by atoms with Crippen molar-refractivity contribution in [2.75, 3.05) is 37.7 Å². The molecule has 3 heteroatoms. The Bertz CT molecular complexity index is 224. The Balaban J connectivity index is 1.55. The molecule has 0 spiro atoms. The summed E-state index contributed by atoms with van der Waals surface area (Å²) in [6.07, 6.45) is 5.51. The maximum Gasteiger partial charge on any atom is 0.0163 e. The van der Waals surface area contributed by atoms with Gasteiger partial charge in [-0.05, 0) is 63.0 Å². The highest BCUT2D eigenvalue weighted by molar-refractivity contribution is 7.99. The van der Waals surface area contributed by atoms with Gasteiger partial charge in [-0.3, -0.25) is 0 Å². The minimum absolute atomic E-state index is 0.537. The van der Waals surface area contributed by atoms with Crippen molar-refractivity contribution in [3.05, 3.63) is 0 Å². The second-order valence-corrected chi connectivity index (χ2v) is 7.47. The Morgan fingerprint density at radius 2 is 2.06 bits per heavy atom. The SMILES string of the molecule is CC1(C)CSCC(NCCCN2CCCC2)C1. The van der Waals surface area contributed by atoms with Crippen LogP contribution in [0.3, 0.4) is 0 Å². The van der Waals surface area contributed by atoms with Crippen molar-refractivity contribution in [1.29, 1.82) is 0 Å². The molecule has 1 atom stereocenters. The zero-order chi connectivity index (χ0) is 12.1. The van der Waals surface area contributed by atoms with Crippen molar-refractivity contribution in [2.45, 2.75) is 45.6 Å². The lowest BCUT2D eigenvalue weighted by Gasteiger charge is -2.35. The van der Waals surface area contributed by atoms with Crippen LogP contribution < -0.4 is 5.32 Å². The van der Waals surface area contributed by atoms with Gasteiger partial charge in [0.25, 0.3) is 0 Å². The lowest BCUT2D eigenvalue weighted by Crippen LogP contribution is -2.41. The summed E-state index contributed by atoms with van der Waals surface area (Å²) in [5, 5.41) is 3.75. The fourth-order valence-corrected chi connectivity index (χ4v) is 4.32. The molecule has 2 rings (SSSR count). The van der Waals surface area contributed by atoms with Crippen LogP contribution in [0.15, 0.2) is 0 Å². The fourth-order valence-electron chi connectivity index (χ4n) is 3.01. The summed E-state index contributed by atoms with van der Waals surface area (Å²) in [6.45, 7) is 9.99. The van der Waals surface area contributed by atoms with Gasteiger partial charge in [-0.2, -0.15) is 11.8 Å². The molecule has 0 aromatic rings. The van der Waals surface area contributed by atoms with Crippen LogP contribution in [0, 0.1) is 5.41 Å². The van der Waals surface area contributed by atoms with E-state index in [1.54, 1.807) is 0 Å². The molecule has 0 aromatic carbocycles. The Hall–Kier alpha value is 0.270. The third-order valence-electron chi connectivity index (χ3n) is 3.89. The summed E-state index contributed by atoms with van der Waals surface area (Å²) in [4.78, 5) is 2.61. The van der Waals surface area contributed by atoms with Gasteiger partial charge in [0.05, 0.1) is 0 Å². The second-order valence-electron chi connectivity index (χ2n) is 6.44. The molecule has 0 aromatic heterocycles. The van der Waals surface area contributed by atoms with E-state index < -0.39 is 0 Å². The fraction of sp³-hybridized carbons (Fsp3) is 1.00. The van der Waals surface area contributed by atoms with Gasteiger partial charge in [0.15, 0.2) is 0 Å². The molecule has 2 heterocycles. The maximum atomic E-state index is 3.75. The highest BCUT2D eigenvalue weighted by Gasteiger charge is 2.27. The average Bonchev–Trinajstić information content (AvgIpc) is 2.76. The normalized spacial score (nSPS) is 29.6. The zero-order valence-corrected chi connectivity index (χ0v) is 12.3. The number of hydrogen-bond donors (Lipinski definition) is 1. The van der Waals surface area contributed by atoms with Gasteiger partial charge in [-0.1, -0.05) is 13.8 Å². The largest absolute Gasteiger partial charge is 0.313 e. The van der Waals surface area contributed by atoms with Gasteiger partial charge in [-0.25, -0.2) is 0 Å². The van der Waals surface area contributed by atoms with E-state index in [1.807, 2.05) is 0 Å². The van der Waals surface area contributed by atoms with Crippen LogP contribution in [0.5, 0.6) is 0 Å². The van der Waals surface area contributed by atoms with Crippen LogP contribution in [0.25, 0.3) is 0 Å². The van der Waals surface area contributed by atoms with Crippen LogP contribution in [-0.4, -0.2) is 48.6 Å². The van der Waals surface area contributed by atoms with E-state index >= 15 is 0 Å². The van der Waals surface area contributed by atoms with Crippen molar-refractivity contribution in [1.82, 2.24) is 10.2 Å². The van der Waals surface area contributed by atoms with Crippen LogP contribution in [-0.2, 0) is 0 Å². The van der Waals surface area contributed by atoms with Crippen molar-refractivity contribution in [3.63, 3.8) is 0 Å². The van der Waals surface area contributed by atoms with Crippen LogP contribution in [0.2, 0.25) is 0 Å². The molecule has 0 amide bonds. The summed E-state index contributed by atoms with van der Waals surface area (Å²) < 4.78 is 0. The maximum absolute atomic E-state index is 3.75. The zero-order valence-electron chi connectivity index (χ0n) is 11.5. The first-order valence-corrected chi connectivity index (χ1v) is 8.35. The number of thioether (sulfide) groups is 1. The van der Waals surface area contributed by atoms with Crippen molar-refractivity contribution < 1.29 is 0 Å². The molecule has 2 fully saturated rings. The molecule has 100 valence electrons. The number of nitrogens with zero attached hydrogens (tertiary/aromatic N) is 1. The molecule has 17 heavy (non-hydrogen) atoms. The molecule has 2 saturated heterocycles. The predicted molar refractivity (Wildman–Crippen MR) is 77.8 cm³/mol. The summed E-state index contributed by atoms with van der Waals surface area (Å²) in [6, 6.07) is 0.752. The van der Waals surface area contributed by atoms with E-state index in [1.165, 1.54) is 63.4 Å². The van der Waals surface area contributed by atoms with Gasteiger partial charge in [0.2, 0.25) is 0 Å². The Labute approximate surface area is 111 Å². The van der Waals surface area contributed by atoms with E-state index in [2.05, 4.69) is 35.8 Å². The molecule has 2 nitrogen and oxygen atoms in total. The van der Waals surface area contributed by atoms with Gasteiger partial charge >= 0.3 is 0 Å². The third kappa shape index (κ3) is 4.80. The molecule has 1 unspecified atom stereocenters. The standard InChI is InChI=1S/C14H28N2S/c1-14(2)10-13(11-17-12-14)15-6-5-9-16-7-3-4-8-16/h13,15H,3-12H2,1-2H3. The molecule has 0 radical (unpaired) electrons.